The van der Waals surface area contributed by atoms with Gasteiger partial charge in [-0.25, -0.2) is 0 Å². The number of para-hydroxylation sites is 1. The molecule has 3 heteroatoms. The van der Waals surface area contributed by atoms with Gasteiger partial charge >= 0.3 is 0 Å². The fourth-order valence-corrected chi connectivity index (χ4v) is 4.24. The van der Waals surface area contributed by atoms with Gasteiger partial charge < -0.3 is 14.2 Å². The molecule has 1 aromatic carbocycles. The van der Waals surface area contributed by atoms with Crippen molar-refractivity contribution in [3.05, 3.63) is 36.0 Å². The van der Waals surface area contributed by atoms with E-state index in [4.69, 9.17) is 4.74 Å². The van der Waals surface area contributed by atoms with Crippen LogP contribution in [0.1, 0.15) is 37.4 Å². The predicted molar refractivity (Wildman–Crippen MR) is 90.4 cm³/mol. The lowest BCUT2D eigenvalue weighted by Gasteiger charge is -2.28. The Morgan fingerprint density at radius 1 is 1.14 bits per heavy atom. The number of rotatable bonds is 3. The van der Waals surface area contributed by atoms with E-state index in [1.54, 1.807) is 0 Å². The van der Waals surface area contributed by atoms with Gasteiger partial charge in [0, 0.05) is 42.9 Å². The van der Waals surface area contributed by atoms with Crippen molar-refractivity contribution in [2.24, 2.45) is 0 Å². The third-order valence-corrected chi connectivity index (χ3v) is 5.50. The lowest BCUT2D eigenvalue weighted by Crippen LogP contribution is -2.29. The van der Waals surface area contributed by atoms with Crippen LogP contribution in [-0.4, -0.2) is 42.3 Å². The molecule has 0 amide bonds. The molecule has 4 rings (SSSR count). The van der Waals surface area contributed by atoms with Crippen LogP contribution in [0.25, 0.3) is 10.9 Å². The van der Waals surface area contributed by atoms with Crippen molar-refractivity contribution in [3.8, 4) is 0 Å². The largest absolute Gasteiger partial charge is 0.381 e. The first-order chi connectivity index (χ1) is 10.8. The van der Waals surface area contributed by atoms with Crippen molar-refractivity contribution in [2.45, 2.75) is 44.2 Å². The fraction of sp³-hybridized carbons (Fsp3) is 0.579. The number of benzene rings is 1. The SMILES string of the molecule is CN1CCC[C@H]1Cc1cc2ccccc2n1C1CCOCC1. The van der Waals surface area contributed by atoms with E-state index >= 15 is 0 Å². The third-order valence-electron chi connectivity index (χ3n) is 5.50. The molecule has 0 radical (unpaired) electrons. The van der Waals surface area contributed by atoms with E-state index in [1.165, 1.54) is 42.4 Å². The molecule has 0 unspecified atom stereocenters. The zero-order chi connectivity index (χ0) is 14.9. The number of fused-ring (bicyclic) bond motifs is 1. The number of hydrogen-bond donors (Lipinski definition) is 0. The summed E-state index contributed by atoms with van der Waals surface area (Å²) in [6.45, 7) is 3.06. The summed E-state index contributed by atoms with van der Waals surface area (Å²) >= 11 is 0. The third kappa shape index (κ3) is 2.57. The van der Waals surface area contributed by atoms with Gasteiger partial charge in [0.05, 0.1) is 0 Å². The summed E-state index contributed by atoms with van der Waals surface area (Å²) in [7, 11) is 2.28. The van der Waals surface area contributed by atoms with E-state index in [0.29, 0.717) is 12.1 Å². The molecule has 1 atom stereocenters. The van der Waals surface area contributed by atoms with Gasteiger partial charge in [-0.1, -0.05) is 18.2 Å². The van der Waals surface area contributed by atoms with E-state index in [1.807, 2.05) is 0 Å². The molecule has 2 aliphatic heterocycles. The average molecular weight is 298 g/mol. The highest BCUT2D eigenvalue weighted by Gasteiger charge is 2.25. The quantitative estimate of drug-likeness (QED) is 0.861. The first-order valence-corrected chi connectivity index (χ1v) is 8.70. The van der Waals surface area contributed by atoms with Crippen LogP contribution in [0.5, 0.6) is 0 Å². The van der Waals surface area contributed by atoms with Crippen LogP contribution in [0.4, 0.5) is 0 Å². The maximum absolute atomic E-state index is 5.58. The molecule has 118 valence electrons. The van der Waals surface area contributed by atoms with Gasteiger partial charge in [-0.2, -0.15) is 0 Å². The van der Waals surface area contributed by atoms with Crippen LogP contribution in [0.15, 0.2) is 30.3 Å². The van der Waals surface area contributed by atoms with Crippen molar-refractivity contribution in [1.29, 1.82) is 0 Å². The maximum Gasteiger partial charge on any atom is 0.0485 e. The molecule has 0 aliphatic carbocycles. The summed E-state index contributed by atoms with van der Waals surface area (Å²) in [5.74, 6) is 0. The predicted octanol–water partition coefficient (Wildman–Crippen LogP) is 3.63. The van der Waals surface area contributed by atoms with E-state index < -0.39 is 0 Å². The van der Waals surface area contributed by atoms with Crippen LogP contribution < -0.4 is 0 Å². The van der Waals surface area contributed by atoms with Crippen LogP contribution in [0, 0.1) is 0 Å². The second-order valence-electron chi connectivity index (χ2n) is 6.89. The highest BCUT2D eigenvalue weighted by molar-refractivity contribution is 5.81. The van der Waals surface area contributed by atoms with Crippen molar-refractivity contribution in [2.75, 3.05) is 26.8 Å². The Kier molecular flexibility index (Phi) is 3.93. The number of likely N-dealkylation sites (tertiary alicyclic amines) is 1. The molecule has 0 N–H and O–H groups in total. The maximum atomic E-state index is 5.58. The standard InChI is InChI=1S/C19H26N2O/c1-20-10-4-6-17(20)14-18-13-15-5-2-3-7-19(15)21(18)16-8-11-22-12-9-16/h2-3,5,7,13,16-17H,4,6,8-12,14H2,1H3/t17-/m0/s1. The van der Waals surface area contributed by atoms with E-state index in [-0.39, 0.29) is 0 Å². The first-order valence-electron chi connectivity index (χ1n) is 8.70. The molecule has 0 bridgehead atoms. The topological polar surface area (TPSA) is 17.4 Å². The molecule has 22 heavy (non-hydrogen) atoms. The average Bonchev–Trinajstić information content (AvgIpc) is 3.12. The molecule has 2 aromatic rings. The Labute approximate surface area is 132 Å². The number of hydrogen-bond acceptors (Lipinski definition) is 2. The van der Waals surface area contributed by atoms with Crippen LogP contribution in [0.3, 0.4) is 0 Å². The van der Waals surface area contributed by atoms with Gasteiger partial charge in [-0.3, -0.25) is 0 Å². The van der Waals surface area contributed by atoms with Crippen LogP contribution in [-0.2, 0) is 11.2 Å². The van der Waals surface area contributed by atoms with Gasteiger partial charge in [0.2, 0.25) is 0 Å². The summed E-state index contributed by atoms with van der Waals surface area (Å²) in [6, 6.07) is 12.6. The van der Waals surface area contributed by atoms with Crippen LogP contribution in [0.2, 0.25) is 0 Å². The molecule has 0 saturated carbocycles. The minimum atomic E-state index is 0.607. The van der Waals surface area contributed by atoms with E-state index in [2.05, 4.69) is 46.8 Å². The zero-order valence-electron chi connectivity index (χ0n) is 13.5. The minimum absolute atomic E-state index is 0.607. The summed E-state index contributed by atoms with van der Waals surface area (Å²) in [5.41, 5.74) is 2.93. The van der Waals surface area contributed by atoms with Gasteiger partial charge in [-0.15, -0.1) is 0 Å². The Bertz CT molecular complexity index is 642. The smallest absolute Gasteiger partial charge is 0.0485 e. The molecule has 3 heterocycles. The van der Waals surface area contributed by atoms with Crippen molar-refractivity contribution in [3.63, 3.8) is 0 Å². The van der Waals surface area contributed by atoms with Crippen molar-refractivity contribution in [1.82, 2.24) is 9.47 Å². The Hall–Kier alpha value is -1.32. The molecule has 0 spiro atoms. The summed E-state index contributed by atoms with van der Waals surface area (Å²) in [6.07, 6.45) is 6.16. The second kappa shape index (κ2) is 6.05. The van der Waals surface area contributed by atoms with Gasteiger partial charge in [0.15, 0.2) is 0 Å². The molecule has 1 aromatic heterocycles. The Balaban J connectivity index is 1.72. The van der Waals surface area contributed by atoms with Gasteiger partial charge in [0.25, 0.3) is 0 Å². The molecule has 3 nitrogen and oxygen atoms in total. The highest BCUT2D eigenvalue weighted by Crippen LogP contribution is 2.31. The fourth-order valence-electron chi connectivity index (χ4n) is 4.24. The highest BCUT2D eigenvalue weighted by atomic mass is 16.5. The summed E-state index contributed by atoms with van der Waals surface area (Å²) < 4.78 is 8.21. The summed E-state index contributed by atoms with van der Waals surface area (Å²) in [5, 5.41) is 1.39. The summed E-state index contributed by atoms with van der Waals surface area (Å²) in [4.78, 5) is 2.53. The van der Waals surface area contributed by atoms with Crippen molar-refractivity contribution < 1.29 is 4.74 Å². The molecule has 2 aliphatic rings. The zero-order valence-corrected chi connectivity index (χ0v) is 13.5. The number of ether oxygens (including phenoxy) is 1. The second-order valence-corrected chi connectivity index (χ2v) is 6.89. The Morgan fingerprint density at radius 2 is 1.95 bits per heavy atom. The van der Waals surface area contributed by atoms with E-state index in [9.17, 15) is 0 Å². The number of likely N-dealkylation sites (N-methyl/N-ethyl adjacent to an activating group) is 1. The molecule has 2 fully saturated rings. The molecular weight excluding hydrogens is 272 g/mol. The minimum Gasteiger partial charge on any atom is -0.381 e. The van der Waals surface area contributed by atoms with Crippen LogP contribution >= 0.6 is 0 Å². The first kappa shape index (κ1) is 14.3. The van der Waals surface area contributed by atoms with Gasteiger partial charge in [0.1, 0.15) is 0 Å². The number of nitrogens with zero attached hydrogens (tertiary/aromatic N) is 2. The molecular formula is C19H26N2O. The lowest BCUT2D eigenvalue weighted by atomic mass is 10.1. The molecule has 2 saturated heterocycles. The normalized spacial score (nSPS) is 24.3. The monoisotopic (exact) mass is 298 g/mol. The lowest BCUT2D eigenvalue weighted by molar-refractivity contribution is 0.0698. The van der Waals surface area contributed by atoms with Crippen molar-refractivity contribution >= 4 is 10.9 Å². The van der Waals surface area contributed by atoms with Gasteiger partial charge in [-0.05, 0) is 56.8 Å². The Morgan fingerprint density at radius 3 is 2.73 bits per heavy atom. The van der Waals surface area contributed by atoms with E-state index in [0.717, 1.165) is 26.1 Å². The number of aromatic nitrogens is 1.